The average Bonchev–Trinajstić information content (AvgIpc) is 2.84. The van der Waals surface area contributed by atoms with Gasteiger partial charge in [0, 0.05) is 19.2 Å². The first-order valence-electron chi connectivity index (χ1n) is 5.80. The molecule has 2 heterocycles. The number of rotatable bonds is 1. The van der Waals surface area contributed by atoms with Crippen molar-refractivity contribution in [3.05, 3.63) is 23.3 Å². The molecule has 1 aliphatic carbocycles. The van der Waals surface area contributed by atoms with Crippen LogP contribution in [-0.4, -0.2) is 25.7 Å². The normalized spacial score (nSPS) is 19.4. The Balaban J connectivity index is 2.08. The van der Waals surface area contributed by atoms with E-state index in [1.807, 2.05) is 18.5 Å². The molecule has 0 bridgehead atoms. The smallest absolute Gasteiger partial charge is 0.263 e. The molecule has 90 valence electrons. The van der Waals surface area contributed by atoms with Crippen LogP contribution in [0.15, 0.2) is 10.7 Å². The molecular weight excluding hydrogens is 218 g/mol. The number of imidazole rings is 1. The van der Waals surface area contributed by atoms with Gasteiger partial charge in [0.15, 0.2) is 5.82 Å². The Morgan fingerprint density at radius 1 is 1.47 bits per heavy atom. The fourth-order valence-corrected chi connectivity index (χ4v) is 2.32. The van der Waals surface area contributed by atoms with Gasteiger partial charge in [-0.3, -0.25) is 0 Å². The highest BCUT2D eigenvalue weighted by Crippen LogP contribution is 2.26. The minimum Gasteiger partial charge on any atom is -0.442 e. The van der Waals surface area contributed by atoms with E-state index in [1.165, 1.54) is 0 Å². The molecule has 0 spiro atoms. The lowest BCUT2D eigenvalue weighted by molar-refractivity contribution is 0.155. The maximum atomic E-state index is 9.68. The molecule has 1 N–H and O–H groups in total. The van der Waals surface area contributed by atoms with E-state index in [4.69, 9.17) is 4.42 Å². The van der Waals surface area contributed by atoms with Crippen LogP contribution in [0.2, 0.25) is 0 Å². The van der Waals surface area contributed by atoms with Crippen LogP contribution in [0.4, 0.5) is 0 Å². The predicted molar refractivity (Wildman–Crippen MR) is 61.5 cm³/mol. The van der Waals surface area contributed by atoms with Gasteiger partial charge < -0.3 is 14.1 Å². The molecule has 1 unspecified atom stereocenters. The summed E-state index contributed by atoms with van der Waals surface area (Å²) < 4.78 is 7.35. The number of aliphatic hydroxyl groups excluding tert-OH is 1. The second-order valence-corrected chi connectivity index (χ2v) is 4.58. The third kappa shape index (κ3) is 1.67. The molecule has 1 atom stereocenters. The van der Waals surface area contributed by atoms with Crippen LogP contribution >= 0.6 is 0 Å². The molecular formula is C12H15N3O2. The molecule has 1 aliphatic rings. The van der Waals surface area contributed by atoms with Crippen molar-refractivity contribution in [3.8, 4) is 11.7 Å². The van der Waals surface area contributed by atoms with Crippen LogP contribution in [0.1, 0.15) is 23.5 Å². The summed E-state index contributed by atoms with van der Waals surface area (Å²) in [5.74, 6) is 1.30. The van der Waals surface area contributed by atoms with Gasteiger partial charge in [0.2, 0.25) is 0 Å². The molecule has 17 heavy (non-hydrogen) atoms. The van der Waals surface area contributed by atoms with Crippen molar-refractivity contribution in [1.29, 1.82) is 0 Å². The quantitative estimate of drug-likeness (QED) is 0.804. The van der Waals surface area contributed by atoms with E-state index in [2.05, 4.69) is 9.97 Å². The number of fused-ring (bicyclic) bond motifs is 1. The summed E-state index contributed by atoms with van der Waals surface area (Å²) in [7, 11) is 1.94. The highest BCUT2D eigenvalue weighted by atomic mass is 16.3. The average molecular weight is 233 g/mol. The molecule has 0 amide bonds. The van der Waals surface area contributed by atoms with Crippen LogP contribution < -0.4 is 0 Å². The Morgan fingerprint density at radius 2 is 2.29 bits per heavy atom. The summed E-state index contributed by atoms with van der Waals surface area (Å²) in [4.78, 5) is 8.86. The Hall–Kier alpha value is -1.62. The molecule has 2 aromatic heterocycles. The van der Waals surface area contributed by atoms with Crippen molar-refractivity contribution in [2.75, 3.05) is 0 Å². The van der Waals surface area contributed by atoms with Gasteiger partial charge in [0.1, 0.15) is 6.26 Å². The number of aryl methyl sites for hydroxylation is 2. The molecule has 0 aromatic carbocycles. The maximum absolute atomic E-state index is 9.68. The monoisotopic (exact) mass is 233 g/mol. The van der Waals surface area contributed by atoms with E-state index in [9.17, 15) is 5.11 Å². The largest absolute Gasteiger partial charge is 0.442 e. The van der Waals surface area contributed by atoms with Crippen molar-refractivity contribution in [3.63, 3.8) is 0 Å². The first-order chi connectivity index (χ1) is 8.15. The summed E-state index contributed by atoms with van der Waals surface area (Å²) in [5.41, 5.74) is 3.00. The zero-order valence-corrected chi connectivity index (χ0v) is 9.97. The van der Waals surface area contributed by atoms with Crippen LogP contribution in [0.5, 0.6) is 0 Å². The van der Waals surface area contributed by atoms with Gasteiger partial charge in [-0.2, -0.15) is 0 Å². The second kappa shape index (κ2) is 3.70. The van der Waals surface area contributed by atoms with Crippen LogP contribution in [-0.2, 0) is 19.9 Å². The molecule has 0 saturated heterocycles. The molecule has 0 aliphatic heterocycles. The maximum Gasteiger partial charge on any atom is 0.263 e. The zero-order chi connectivity index (χ0) is 12.0. The van der Waals surface area contributed by atoms with E-state index in [0.29, 0.717) is 12.3 Å². The Bertz CT molecular complexity index is 556. The van der Waals surface area contributed by atoms with Gasteiger partial charge in [-0.1, -0.05) is 0 Å². The summed E-state index contributed by atoms with van der Waals surface area (Å²) in [6, 6.07) is 0. The van der Waals surface area contributed by atoms with Crippen molar-refractivity contribution in [2.45, 2.75) is 32.3 Å². The van der Waals surface area contributed by atoms with Gasteiger partial charge in [-0.15, -0.1) is 0 Å². The van der Waals surface area contributed by atoms with Crippen molar-refractivity contribution >= 4 is 0 Å². The first kappa shape index (κ1) is 10.5. The molecule has 0 fully saturated rings. The van der Waals surface area contributed by atoms with Gasteiger partial charge in [-0.25, -0.2) is 9.97 Å². The molecule has 0 saturated carbocycles. The number of nitrogens with zero attached hydrogens (tertiary/aromatic N) is 3. The summed E-state index contributed by atoms with van der Waals surface area (Å²) in [6.45, 7) is 1.89. The lowest BCUT2D eigenvalue weighted by Gasteiger charge is -2.17. The summed E-state index contributed by atoms with van der Waals surface area (Å²) in [5, 5.41) is 9.68. The van der Waals surface area contributed by atoms with E-state index in [-0.39, 0.29) is 6.10 Å². The van der Waals surface area contributed by atoms with Crippen molar-refractivity contribution in [2.24, 2.45) is 7.05 Å². The number of hydrogen-bond acceptors (Lipinski definition) is 4. The number of aliphatic hydroxyl groups is 1. The number of aromatic nitrogens is 3. The van der Waals surface area contributed by atoms with Crippen molar-refractivity contribution in [1.82, 2.24) is 14.5 Å². The molecule has 5 heteroatoms. The minimum atomic E-state index is -0.253. The van der Waals surface area contributed by atoms with E-state index >= 15 is 0 Å². The standard InChI is InChI=1S/C12H15N3O2/c1-7-6-17-12(13-7)11-14-9-4-3-8(16)5-10(9)15(11)2/h6,8,16H,3-5H2,1-2H3. The lowest BCUT2D eigenvalue weighted by Crippen LogP contribution is -2.20. The first-order valence-corrected chi connectivity index (χ1v) is 5.80. The van der Waals surface area contributed by atoms with Crippen LogP contribution in [0.3, 0.4) is 0 Å². The van der Waals surface area contributed by atoms with E-state index < -0.39 is 0 Å². The number of hydrogen-bond donors (Lipinski definition) is 1. The summed E-state index contributed by atoms with van der Waals surface area (Å²) >= 11 is 0. The van der Waals surface area contributed by atoms with Gasteiger partial charge in [0.25, 0.3) is 5.89 Å². The molecule has 5 nitrogen and oxygen atoms in total. The van der Waals surface area contributed by atoms with Crippen molar-refractivity contribution < 1.29 is 9.52 Å². The Morgan fingerprint density at radius 3 is 3.00 bits per heavy atom. The SMILES string of the molecule is Cc1coc(-c2nc3c(n2C)CC(O)CC3)n1. The Kier molecular flexibility index (Phi) is 2.29. The van der Waals surface area contributed by atoms with Gasteiger partial charge >= 0.3 is 0 Å². The topological polar surface area (TPSA) is 64.1 Å². The highest BCUT2D eigenvalue weighted by molar-refractivity contribution is 5.45. The lowest BCUT2D eigenvalue weighted by atomic mass is 9.98. The molecule has 0 radical (unpaired) electrons. The Labute approximate surface area is 99.1 Å². The zero-order valence-electron chi connectivity index (χ0n) is 9.97. The van der Waals surface area contributed by atoms with Crippen LogP contribution in [0.25, 0.3) is 11.7 Å². The van der Waals surface area contributed by atoms with E-state index in [1.54, 1.807) is 6.26 Å². The third-order valence-corrected chi connectivity index (χ3v) is 3.25. The van der Waals surface area contributed by atoms with Gasteiger partial charge in [0.05, 0.1) is 17.5 Å². The minimum absolute atomic E-state index is 0.253. The molecule has 2 aromatic rings. The van der Waals surface area contributed by atoms with Gasteiger partial charge in [-0.05, 0) is 19.8 Å². The predicted octanol–water partition coefficient (Wildman–Crippen LogP) is 1.23. The number of oxazole rings is 1. The fourth-order valence-electron chi connectivity index (χ4n) is 2.32. The van der Waals surface area contributed by atoms with Crippen LogP contribution in [0, 0.1) is 6.92 Å². The fraction of sp³-hybridized carbons (Fsp3) is 0.500. The molecule has 3 rings (SSSR count). The second-order valence-electron chi connectivity index (χ2n) is 4.58. The third-order valence-electron chi connectivity index (χ3n) is 3.25. The summed E-state index contributed by atoms with van der Waals surface area (Å²) in [6.07, 6.45) is 3.64. The highest BCUT2D eigenvalue weighted by Gasteiger charge is 2.24. The van der Waals surface area contributed by atoms with E-state index in [0.717, 1.165) is 35.7 Å².